The van der Waals surface area contributed by atoms with Crippen molar-refractivity contribution in [2.45, 2.75) is 6.92 Å². The number of halogens is 1. The van der Waals surface area contributed by atoms with Crippen LogP contribution < -0.4 is 4.57 Å². The quantitative estimate of drug-likeness (QED) is 0.488. The van der Waals surface area contributed by atoms with Crippen molar-refractivity contribution < 1.29 is 13.4 Å². The standard InChI is InChI=1S/C20H14FN2O/c1-12-6-7-14-15-9-13(11-22)16(21)10-18(15)24-20(14)19(12)17-5-3-4-8-23(17)2/h3-10H,1-2H3/q+1. The van der Waals surface area contributed by atoms with Gasteiger partial charge in [0.1, 0.15) is 30.1 Å². The van der Waals surface area contributed by atoms with Crippen molar-refractivity contribution in [3.05, 3.63) is 65.6 Å². The van der Waals surface area contributed by atoms with Gasteiger partial charge in [-0.15, -0.1) is 0 Å². The van der Waals surface area contributed by atoms with E-state index in [0.29, 0.717) is 11.2 Å². The van der Waals surface area contributed by atoms with E-state index < -0.39 is 5.82 Å². The monoisotopic (exact) mass is 317 g/mol. The number of hydrogen-bond donors (Lipinski definition) is 0. The summed E-state index contributed by atoms with van der Waals surface area (Å²) in [6, 6.07) is 14.7. The Balaban J connectivity index is 2.16. The maximum Gasteiger partial charge on any atom is 0.216 e. The summed E-state index contributed by atoms with van der Waals surface area (Å²) >= 11 is 0. The molecule has 0 fully saturated rings. The predicted octanol–water partition coefficient (Wildman–Crippen LogP) is 4.40. The molecule has 2 aromatic heterocycles. The molecule has 0 radical (unpaired) electrons. The van der Waals surface area contributed by atoms with Gasteiger partial charge in [-0.3, -0.25) is 0 Å². The third kappa shape index (κ3) is 1.99. The van der Waals surface area contributed by atoms with Crippen molar-refractivity contribution >= 4 is 21.9 Å². The molecule has 0 aliphatic carbocycles. The summed E-state index contributed by atoms with van der Waals surface area (Å²) in [7, 11) is 1.98. The van der Waals surface area contributed by atoms with Crippen molar-refractivity contribution in [1.82, 2.24) is 0 Å². The zero-order valence-corrected chi connectivity index (χ0v) is 13.3. The highest BCUT2D eigenvalue weighted by atomic mass is 19.1. The van der Waals surface area contributed by atoms with E-state index in [2.05, 4.69) is 0 Å². The smallest absolute Gasteiger partial charge is 0.216 e. The lowest BCUT2D eigenvalue weighted by molar-refractivity contribution is -0.660. The van der Waals surface area contributed by atoms with Crippen LogP contribution in [-0.4, -0.2) is 0 Å². The van der Waals surface area contributed by atoms with E-state index in [1.807, 2.05) is 61.1 Å². The van der Waals surface area contributed by atoms with Crippen LogP contribution in [0.5, 0.6) is 0 Å². The van der Waals surface area contributed by atoms with Crippen molar-refractivity contribution in [1.29, 1.82) is 5.26 Å². The molecule has 116 valence electrons. The molecule has 3 nitrogen and oxygen atoms in total. The molecule has 0 aliphatic heterocycles. The maximum absolute atomic E-state index is 13.9. The number of rotatable bonds is 1. The van der Waals surface area contributed by atoms with Gasteiger partial charge in [-0.2, -0.15) is 5.26 Å². The summed E-state index contributed by atoms with van der Waals surface area (Å²) in [4.78, 5) is 0. The molecule has 0 spiro atoms. The summed E-state index contributed by atoms with van der Waals surface area (Å²) in [6.45, 7) is 2.02. The van der Waals surface area contributed by atoms with Gasteiger partial charge >= 0.3 is 0 Å². The van der Waals surface area contributed by atoms with Gasteiger partial charge in [0, 0.05) is 29.0 Å². The van der Waals surface area contributed by atoms with Crippen LogP contribution >= 0.6 is 0 Å². The molecule has 0 aliphatic rings. The molecule has 0 amide bonds. The highest BCUT2D eigenvalue weighted by Gasteiger charge is 2.20. The summed E-state index contributed by atoms with van der Waals surface area (Å²) in [5.41, 5.74) is 4.25. The first-order chi connectivity index (χ1) is 11.6. The van der Waals surface area contributed by atoms with Gasteiger partial charge in [0.25, 0.3) is 0 Å². The van der Waals surface area contributed by atoms with Gasteiger partial charge in [0.2, 0.25) is 5.69 Å². The topological polar surface area (TPSA) is 40.8 Å². The minimum Gasteiger partial charge on any atom is -0.455 e. The second-order valence-electron chi connectivity index (χ2n) is 5.87. The van der Waals surface area contributed by atoms with Crippen LogP contribution in [0.3, 0.4) is 0 Å². The van der Waals surface area contributed by atoms with Crippen LogP contribution in [0.4, 0.5) is 4.39 Å². The second kappa shape index (κ2) is 5.17. The Morgan fingerprint density at radius 2 is 1.96 bits per heavy atom. The lowest BCUT2D eigenvalue weighted by Gasteiger charge is -2.04. The molecule has 2 aromatic carbocycles. The first-order valence-electron chi connectivity index (χ1n) is 7.60. The van der Waals surface area contributed by atoms with E-state index in [0.717, 1.165) is 27.6 Å². The van der Waals surface area contributed by atoms with Gasteiger partial charge in [-0.25, -0.2) is 8.96 Å². The molecular formula is C20H14FN2O+. The SMILES string of the molecule is Cc1ccc2c(oc3cc(F)c(C#N)cc32)c1-c1cccc[n+]1C. The number of nitrogens with zero attached hydrogens (tertiary/aromatic N) is 2. The number of furan rings is 1. The number of nitriles is 1. The van der Waals surface area contributed by atoms with Crippen molar-refractivity contribution in [3.63, 3.8) is 0 Å². The molecule has 4 rings (SSSR count). The summed E-state index contributed by atoms with van der Waals surface area (Å²) in [5.74, 6) is -0.562. The first-order valence-corrected chi connectivity index (χ1v) is 7.60. The molecule has 24 heavy (non-hydrogen) atoms. The maximum atomic E-state index is 13.9. The van der Waals surface area contributed by atoms with Gasteiger partial charge < -0.3 is 4.42 Å². The zero-order chi connectivity index (χ0) is 16.8. The Morgan fingerprint density at radius 3 is 2.71 bits per heavy atom. The summed E-state index contributed by atoms with van der Waals surface area (Å²) in [5, 5.41) is 10.7. The summed E-state index contributed by atoms with van der Waals surface area (Å²) < 4.78 is 21.9. The third-order valence-electron chi connectivity index (χ3n) is 4.37. The normalized spacial score (nSPS) is 11.1. The van der Waals surface area contributed by atoms with Crippen LogP contribution in [-0.2, 0) is 7.05 Å². The van der Waals surface area contributed by atoms with Gasteiger partial charge in [0.15, 0.2) is 6.20 Å². The molecule has 4 aromatic rings. The van der Waals surface area contributed by atoms with Crippen molar-refractivity contribution in [2.75, 3.05) is 0 Å². The lowest BCUT2D eigenvalue weighted by Crippen LogP contribution is -2.30. The third-order valence-corrected chi connectivity index (χ3v) is 4.37. The lowest BCUT2D eigenvalue weighted by atomic mass is 10.0. The fraction of sp³-hybridized carbons (Fsp3) is 0.100. The molecule has 2 heterocycles. The number of benzene rings is 2. The Labute approximate surface area is 138 Å². The molecular weight excluding hydrogens is 303 g/mol. The van der Waals surface area contributed by atoms with Crippen molar-refractivity contribution in [3.8, 4) is 17.3 Å². The molecule has 0 bridgehead atoms. The Kier molecular flexibility index (Phi) is 3.10. The average molecular weight is 317 g/mol. The number of hydrogen-bond acceptors (Lipinski definition) is 2. The van der Waals surface area contributed by atoms with Crippen LogP contribution in [0.2, 0.25) is 0 Å². The average Bonchev–Trinajstić information content (AvgIpc) is 2.92. The number of aromatic nitrogens is 1. The minimum atomic E-state index is -0.562. The molecule has 0 N–H and O–H groups in total. The number of aryl methyl sites for hydroxylation is 2. The van der Waals surface area contributed by atoms with E-state index in [-0.39, 0.29) is 5.56 Å². The van der Waals surface area contributed by atoms with Gasteiger partial charge in [-0.1, -0.05) is 12.1 Å². The van der Waals surface area contributed by atoms with Crippen LogP contribution in [0.15, 0.2) is 53.1 Å². The van der Waals surface area contributed by atoms with Crippen LogP contribution in [0.25, 0.3) is 33.2 Å². The Hall–Kier alpha value is -3.19. The Bertz CT molecular complexity index is 1150. The number of pyridine rings is 1. The van der Waals surface area contributed by atoms with E-state index >= 15 is 0 Å². The van der Waals surface area contributed by atoms with Gasteiger partial charge in [0.05, 0.1) is 11.1 Å². The van der Waals surface area contributed by atoms with Crippen LogP contribution in [0.1, 0.15) is 11.1 Å². The van der Waals surface area contributed by atoms with E-state index in [1.165, 1.54) is 6.07 Å². The summed E-state index contributed by atoms with van der Waals surface area (Å²) in [6.07, 6.45) is 1.98. The number of fused-ring (bicyclic) bond motifs is 3. The largest absolute Gasteiger partial charge is 0.455 e. The molecule has 4 heteroatoms. The molecule has 0 atom stereocenters. The molecule has 0 saturated heterocycles. The Morgan fingerprint density at radius 1 is 1.12 bits per heavy atom. The predicted molar refractivity (Wildman–Crippen MR) is 89.7 cm³/mol. The van der Waals surface area contributed by atoms with Crippen LogP contribution in [0, 0.1) is 24.1 Å². The van der Waals surface area contributed by atoms with E-state index in [9.17, 15) is 4.39 Å². The zero-order valence-electron chi connectivity index (χ0n) is 13.3. The molecule has 0 unspecified atom stereocenters. The first kappa shape index (κ1) is 14.4. The van der Waals surface area contributed by atoms with Crippen molar-refractivity contribution in [2.24, 2.45) is 7.05 Å². The van der Waals surface area contributed by atoms with E-state index in [1.54, 1.807) is 6.07 Å². The highest BCUT2D eigenvalue weighted by Crippen LogP contribution is 2.37. The minimum absolute atomic E-state index is 0.0255. The molecule has 0 saturated carbocycles. The second-order valence-corrected chi connectivity index (χ2v) is 5.87. The fourth-order valence-corrected chi connectivity index (χ4v) is 3.15. The van der Waals surface area contributed by atoms with E-state index in [4.69, 9.17) is 9.68 Å². The van der Waals surface area contributed by atoms with Gasteiger partial charge in [-0.05, 0) is 24.6 Å². The fourth-order valence-electron chi connectivity index (χ4n) is 3.15. The highest BCUT2D eigenvalue weighted by molar-refractivity contribution is 6.10.